The summed E-state index contributed by atoms with van der Waals surface area (Å²) in [5.41, 5.74) is 28.2. The van der Waals surface area contributed by atoms with Crippen molar-refractivity contribution in [2.45, 2.75) is 73.1 Å². The van der Waals surface area contributed by atoms with Crippen LogP contribution in [0.2, 0.25) is 0 Å². The van der Waals surface area contributed by atoms with Crippen molar-refractivity contribution < 1.29 is 0 Å². The molecule has 0 amide bonds. The van der Waals surface area contributed by atoms with E-state index >= 15 is 0 Å². The van der Waals surface area contributed by atoms with E-state index in [4.69, 9.17) is 15.7 Å². The summed E-state index contributed by atoms with van der Waals surface area (Å²) in [6, 6.07) is 68.9. The van der Waals surface area contributed by atoms with Crippen LogP contribution in [0.4, 0.5) is 34.1 Å². The summed E-state index contributed by atoms with van der Waals surface area (Å²) in [4.78, 5) is 14.8. The Hall–Kier alpha value is -8.28. The first-order valence-electron chi connectivity index (χ1n) is 25.2. The summed E-state index contributed by atoms with van der Waals surface area (Å²) < 4.78 is 0. The van der Waals surface area contributed by atoms with Gasteiger partial charge >= 0.3 is 0 Å². The summed E-state index contributed by atoms with van der Waals surface area (Å²) in [5, 5.41) is 0. The van der Waals surface area contributed by atoms with Crippen LogP contribution in [0.1, 0.15) is 87.7 Å². The van der Waals surface area contributed by atoms with Gasteiger partial charge in [-0.15, -0.1) is 0 Å². The normalized spacial score (nSPS) is 13.2. The summed E-state index contributed by atoms with van der Waals surface area (Å²) in [7, 11) is 0. The molecular weight excluding hydrogens is 875 g/mol. The van der Waals surface area contributed by atoms with Crippen LogP contribution in [0.25, 0.3) is 5.70 Å². The van der Waals surface area contributed by atoms with Crippen LogP contribution in [0.15, 0.2) is 234 Å². The smallest absolute Gasteiger partial charge is 0.162 e. The minimum Gasteiger partial charge on any atom is -0.383 e. The van der Waals surface area contributed by atoms with Crippen LogP contribution in [-0.2, 0) is 6.42 Å². The van der Waals surface area contributed by atoms with E-state index in [0.717, 1.165) is 76.5 Å². The minimum atomic E-state index is 0.354. The molecule has 72 heavy (non-hydrogen) atoms. The molecule has 0 radical (unpaired) electrons. The zero-order chi connectivity index (χ0) is 50.1. The average Bonchev–Trinajstić information content (AvgIpc) is 3.40. The van der Waals surface area contributed by atoms with Crippen LogP contribution in [0, 0.1) is 34.6 Å². The summed E-state index contributed by atoms with van der Waals surface area (Å²) in [5.74, 6) is 1.21. The Morgan fingerprint density at radius 3 is 1.22 bits per heavy atom. The fourth-order valence-corrected chi connectivity index (χ4v) is 9.32. The maximum Gasteiger partial charge on any atom is 0.162 e. The van der Waals surface area contributed by atoms with Gasteiger partial charge in [0.25, 0.3) is 0 Å². The van der Waals surface area contributed by atoms with Gasteiger partial charge in [-0.2, -0.15) is 0 Å². The van der Waals surface area contributed by atoms with Crippen LogP contribution >= 0.6 is 0 Å². The van der Waals surface area contributed by atoms with E-state index in [9.17, 15) is 0 Å². The molecular formula is C67H65N5. The van der Waals surface area contributed by atoms with Crippen molar-refractivity contribution in [1.29, 1.82) is 0 Å². The molecule has 0 heterocycles. The van der Waals surface area contributed by atoms with E-state index in [1.807, 2.05) is 12.1 Å². The maximum atomic E-state index is 6.98. The zero-order valence-corrected chi connectivity index (χ0v) is 42.6. The second-order valence-electron chi connectivity index (χ2n) is 19.4. The Balaban J connectivity index is 1.03. The van der Waals surface area contributed by atoms with Gasteiger partial charge in [-0.1, -0.05) is 155 Å². The minimum absolute atomic E-state index is 0.354. The van der Waals surface area contributed by atoms with Gasteiger partial charge < -0.3 is 15.5 Å². The summed E-state index contributed by atoms with van der Waals surface area (Å²) in [6.07, 6.45) is 8.90. The van der Waals surface area contributed by atoms with Gasteiger partial charge in [0.15, 0.2) is 5.84 Å². The Kier molecular flexibility index (Phi) is 15.0. The molecule has 1 atom stereocenters. The first-order valence-corrected chi connectivity index (χ1v) is 25.2. The van der Waals surface area contributed by atoms with Gasteiger partial charge in [-0.05, 0) is 181 Å². The van der Waals surface area contributed by atoms with Crippen LogP contribution in [0.3, 0.4) is 0 Å². The van der Waals surface area contributed by atoms with Crippen molar-refractivity contribution in [1.82, 2.24) is 0 Å². The number of anilines is 6. The molecule has 2 N–H and O–H groups in total. The van der Waals surface area contributed by atoms with Gasteiger partial charge in [0.05, 0.1) is 5.70 Å². The van der Waals surface area contributed by atoms with E-state index in [1.165, 1.54) is 50.1 Å². The van der Waals surface area contributed by atoms with Gasteiger partial charge in [0.1, 0.15) is 5.84 Å². The lowest BCUT2D eigenvalue weighted by Gasteiger charge is -2.26. The van der Waals surface area contributed by atoms with Crippen LogP contribution < -0.4 is 15.5 Å². The number of hydrogen-bond acceptors (Lipinski definition) is 3. The van der Waals surface area contributed by atoms with E-state index in [2.05, 4.69) is 252 Å². The number of allylic oxidation sites excluding steroid dienone is 4. The monoisotopic (exact) mass is 940 g/mol. The molecule has 9 rings (SSSR count). The molecule has 8 aromatic rings. The van der Waals surface area contributed by atoms with E-state index < -0.39 is 0 Å². The van der Waals surface area contributed by atoms with E-state index in [0.29, 0.717) is 23.3 Å². The zero-order valence-electron chi connectivity index (χ0n) is 42.6. The highest BCUT2D eigenvalue weighted by Gasteiger charge is 2.20. The van der Waals surface area contributed by atoms with Crippen molar-refractivity contribution in [3.8, 4) is 0 Å². The Morgan fingerprint density at radius 2 is 0.819 bits per heavy atom. The van der Waals surface area contributed by atoms with Gasteiger partial charge in [0, 0.05) is 51.2 Å². The fraction of sp³-hybridized carbons (Fsp3) is 0.164. The van der Waals surface area contributed by atoms with Crippen molar-refractivity contribution in [3.63, 3.8) is 0 Å². The van der Waals surface area contributed by atoms with Crippen molar-refractivity contribution in [2.24, 2.45) is 15.7 Å². The maximum absolute atomic E-state index is 6.98. The first kappa shape index (κ1) is 48.7. The number of benzene rings is 8. The largest absolute Gasteiger partial charge is 0.383 e. The fourth-order valence-electron chi connectivity index (χ4n) is 9.32. The lowest BCUT2D eigenvalue weighted by atomic mass is 9.81. The second-order valence-corrected chi connectivity index (χ2v) is 19.4. The van der Waals surface area contributed by atoms with Gasteiger partial charge in [-0.25, -0.2) is 9.98 Å². The standard InChI is InChI=1S/C67H65N5/c1-46-8-23-55(24-9-46)65(56-25-10-47(2)11-26-56)45-22-53-20-27-54(28-21-53)52(7)69-67(58-31-43-64(44-32-58)72(61-37-16-50(5)17-38-61)62-39-18-51(6)19-40-62)70-66(68)57-29-41-63(42-30-57)71(59-33-12-48(3)13-34-59)60-35-14-49(4)15-36-60/h8-10,12-21,23-25,27-44,65H,7,11,22,26,45H2,1-6H3,(H2,68,69,70). The molecule has 5 heteroatoms. The highest BCUT2D eigenvalue weighted by Crippen LogP contribution is 2.38. The van der Waals surface area contributed by atoms with E-state index in [-0.39, 0.29) is 0 Å². The number of nitrogens with two attached hydrogens (primary N) is 1. The molecule has 1 aliphatic carbocycles. The summed E-state index contributed by atoms with van der Waals surface area (Å²) in [6.45, 7) is 17.3. The molecule has 0 fully saturated rings. The van der Waals surface area contributed by atoms with Gasteiger partial charge in [-0.3, -0.25) is 0 Å². The molecule has 0 saturated heterocycles. The number of hydrogen-bond donors (Lipinski definition) is 1. The molecule has 0 bridgehead atoms. The van der Waals surface area contributed by atoms with Crippen LogP contribution in [-0.4, -0.2) is 11.7 Å². The topological polar surface area (TPSA) is 57.2 Å². The molecule has 358 valence electrons. The summed E-state index contributed by atoms with van der Waals surface area (Å²) >= 11 is 0. The third kappa shape index (κ3) is 11.8. The Bertz CT molecular complexity index is 3160. The van der Waals surface area contributed by atoms with E-state index in [1.54, 1.807) is 0 Å². The van der Waals surface area contributed by atoms with Crippen LogP contribution in [0.5, 0.6) is 0 Å². The van der Waals surface area contributed by atoms with Gasteiger partial charge in [0.2, 0.25) is 0 Å². The molecule has 1 unspecified atom stereocenters. The number of rotatable bonds is 15. The number of aliphatic imine (C=N–C) groups is 2. The molecule has 0 saturated carbocycles. The van der Waals surface area contributed by atoms with Crippen molar-refractivity contribution >= 4 is 51.5 Å². The predicted molar refractivity (Wildman–Crippen MR) is 307 cm³/mol. The first-order chi connectivity index (χ1) is 34.9. The quantitative estimate of drug-likeness (QED) is 0.0823. The number of aryl methyl sites for hydroxylation is 6. The lowest BCUT2D eigenvalue weighted by Crippen LogP contribution is -2.17. The molecule has 0 aromatic heterocycles. The molecule has 8 aromatic carbocycles. The average molecular weight is 940 g/mol. The third-order valence-corrected chi connectivity index (χ3v) is 13.8. The third-order valence-electron chi connectivity index (χ3n) is 13.8. The second kappa shape index (κ2) is 22.2. The SMILES string of the molecule is C=C(N=C(N=C(N)c1ccc(N(c2ccc(C)cc2)c2ccc(C)cc2)cc1)c1ccc(N(c2ccc(C)cc2)c2ccc(C)cc2)cc1)c1ccc(CCC(C2=CC=C(C)CC2)c2ccc(C)cc2)cc1. The molecule has 0 aliphatic heterocycles. The number of amidine groups is 2. The number of nitrogens with zero attached hydrogens (tertiary/aromatic N) is 4. The predicted octanol–water partition coefficient (Wildman–Crippen LogP) is 17.4. The highest BCUT2D eigenvalue weighted by atomic mass is 15.1. The van der Waals surface area contributed by atoms with Crippen molar-refractivity contribution in [2.75, 3.05) is 9.80 Å². The molecule has 0 spiro atoms. The highest BCUT2D eigenvalue weighted by molar-refractivity contribution is 6.12. The van der Waals surface area contributed by atoms with Crippen molar-refractivity contribution in [3.05, 3.63) is 280 Å². The Morgan fingerprint density at radius 1 is 0.444 bits per heavy atom. The Labute approximate surface area is 427 Å². The lowest BCUT2D eigenvalue weighted by molar-refractivity contribution is 0.664. The molecule has 5 nitrogen and oxygen atoms in total. The molecule has 1 aliphatic rings.